The molecule has 0 N–H and O–H groups in total. The van der Waals surface area contributed by atoms with Gasteiger partial charge in [0.05, 0.1) is 0 Å². The van der Waals surface area contributed by atoms with E-state index in [2.05, 4.69) is 5.92 Å². The first-order chi connectivity index (χ1) is 3.93. The largest absolute Gasteiger partial charge is 0.0793 e. The minimum Gasteiger partial charge on any atom is -0.0793 e. The highest BCUT2D eigenvalue weighted by atomic mass is 13.9. The first-order valence-electron chi connectivity index (χ1n) is 2.56. The Balaban J connectivity index is 2.68. The summed E-state index contributed by atoms with van der Waals surface area (Å²) < 4.78 is 0. The van der Waals surface area contributed by atoms with Crippen LogP contribution in [0.1, 0.15) is 6.42 Å². The van der Waals surface area contributed by atoms with Crippen molar-refractivity contribution in [1.82, 2.24) is 0 Å². The zero-order valence-electron chi connectivity index (χ0n) is 4.52. The molecule has 2 radical (unpaired) electrons. The molecule has 1 aliphatic carbocycles. The van der Waals surface area contributed by atoms with Crippen LogP contribution in [-0.2, 0) is 0 Å². The van der Waals surface area contributed by atoms with E-state index in [1.807, 2.05) is 24.6 Å². The van der Waals surface area contributed by atoms with Gasteiger partial charge < -0.3 is 0 Å². The molecule has 0 bridgehead atoms. The molecule has 1 rings (SSSR count). The average molecular weight is 102 g/mol. The third-order valence-corrected chi connectivity index (χ3v) is 1.03. The molecule has 0 aromatic heterocycles. The van der Waals surface area contributed by atoms with Gasteiger partial charge in [-0.1, -0.05) is 24.1 Å². The van der Waals surface area contributed by atoms with Gasteiger partial charge in [-0.05, 0) is 19.3 Å². The monoisotopic (exact) mass is 102 g/mol. The molecule has 0 aromatic carbocycles. The number of allylic oxidation sites excluding steroid dienone is 4. The van der Waals surface area contributed by atoms with Crippen LogP contribution in [0.15, 0.2) is 23.8 Å². The first-order valence-corrected chi connectivity index (χ1v) is 2.56. The topological polar surface area (TPSA) is 0 Å². The predicted molar refractivity (Wildman–Crippen MR) is 33.3 cm³/mol. The van der Waals surface area contributed by atoms with E-state index in [4.69, 9.17) is 6.42 Å². The molecule has 38 valence electrons. The fraction of sp³-hybridized carbons (Fsp3) is 0.125. The summed E-state index contributed by atoms with van der Waals surface area (Å²) in [6.45, 7) is 0. The van der Waals surface area contributed by atoms with Crippen molar-refractivity contribution in [2.45, 2.75) is 6.42 Å². The van der Waals surface area contributed by atoms with E-state index in [9.17, 15) is 0 Å². The van der Waals surface area contributed by atoms with Gasteiger partial charge >= 0.3 is 0 Å². The van der Waals surface area contributed by atoms with Crippen LogP contribution in [0.3, 0.4) is 0 Å². The number of hydrogen-bond donors (Lipinski definition) is 0. The molecule has 0 amide bonds. The summed E-state index contributed by atoms with van der Waals surface area (Å²) in [5, 5.41) is 0. The smallest absolute Gasteiger partial charge is 0.0212 e. The second-order valence-corrected chi connectivity index (χ2v) is 1.61. The fourth-order valence-electron chi connectivity index (χ4n) is 0.606. The lowest BCUT2D eigenvalue weighted by Gasteiger charge is -1.95. The minimum atomic E-state index is 0.882. The van der Waals surface area contributed by atoms with E-state index >= 15 is 0 Å². The third-order valence-electron chi connectivity index (χ3n) is 1.03. The number of rotatable bonds is 0. The molecule has 8 heavy (non-hydrogen) atoms. The second-order valence-electron chi connectivity index (χ2n) is 1.61. The maximum atomic E-state index is 6.71. The molecule has 0 heterocycles. The summed E-state index contributed by atoms with van der Waals surface area (Å²) in [6.07, 6.45) is 15.5. The molecule has 0 aromatic rings. The van der Waals surface area contributed by atoms with E-state index in [1.54, 1.807) is 0 Å². The van der Waals surface area contributed by atoms with E-state index in [0.717, 1.165) is 12.0 Å². The van der Waals surface area contributed by atoms with Gasteiger partial charge in [-0.3, -0.25) is 0 Å². The third kappa shape index (κ3) is 1.01. The van der Waals surface area contributed by atoms with Crippen molar-refractivity contribution in [3.63, 3.8) is 0 Å². The molecule has 1 aliphatic rings. The highest BCUT2D eigenvalue weighted by molar-refractivity contribution is 5.38. The molecular formula is C8H6. The summed E-state index contributed by atoms with van der Waals surface area (Å²) in [6, 6.07) is 0. The first kappa shape index (κ1) is 5.18. The van der Waals surface area contributed by atoms with E-state index in [1.165, 1.54) is 0 Å². The van der Waals surface area contributed by atoms with Crippen LogP contribution in [0.4, 0.5) is 0 Å². The van der Waals surface area contributed by atoms with Gasteiger partial charge in [-0.25, -0.2) is 0 Å². The van der Waals surface area contributed by atoms with Crippen LogP contribution >= 0.6 is 0 Å². The fourth-order valence-corrected chi connectivity index (χ4v) is 0.606. The maximum Gasteiger partial charge on any atom is 0.0212 e. The molecule has 0 aliphatic heterocycles. The molecule has 0 atom stereocenters. The lowest BCUT2D eigenvalue weighted by molar-refractivity contribution is 1.25. The quantitative estimate of drug-likeness (QED) is 0.408. The standard InChI is InChI=1S/C8H6/c1-2-8-6-4-3-5-7-8/h3-4,6-7H,5H2. The van der Waals surface area contributed by atoms with Gasteiger partial charge in [0.25, 0.3) is 0 Å². The highest BCUT2D eigenvalue weighted by Gasteiger charge is 1.89. The van der Waals surface area contributed by atoms with Crippen molar-refractivity contribution < 1.29 is 0 Å². The normalized spacial score (nSPS) is 17.1. The van der Waals surface area contributed by atoms with Crippen LogP contribution in [0.5, 0.6) is 0 Å². The Hall–Kier alpha value is -0.960. The number of hydrogen-bond acceptors (Lipinski definition) is 0. The molecule has 0 unspecified atom stereocenters. The summed E-state index contributed by atoms with van der Waals surface area (Å²) >= 11 is 0. The lowest BCUT2D eigenvalue weighted by atomic mass is 10.1. The molecule has 0 heteroatoms. The van der Waals surface area contributed by atoms with Crippen LogP contribution in [0.25, 0.3) is 0 Å². The maximum absolute atomic E-state index is 6.71. The van der Waals surface area contributed by atoms with Gasteiger partial charge in [0, 0.05) is 5.57 Å². The molecular weight excluding hydrogens is 96.1 g/mol. The van der Waals surface area contributed by atoms with Crippen molar-refractivity contribution in [2.24, 2.45) is 0 Å². The summed E-state index contributed by atoms with van der Waals surface area (Å²) in [5.74, 6) is 2.31. The Bertz CT molecular complexity index is 165. The highest BCUT2D eigenvalue weighted by Crippen LogP contribution is 2.06. The molecule has 0 saturated heterocycles. The Morgan fingerprint density at radius 1 is 1.62 bits per heavy atom. The average Bonchev–Trinajstić information content (AvgIpc) is 1.90. The zero-order chi connectivity index (χ0) is 5.82. The van der Waals surface area contributed by atoms with E-state index < -0.39 is 0 Å². The Kier molecular flexibility index (Phi) is 1.54. The second kappa shape index (κ2) is 2.37. The molecule has 0 fully saturated rings. The van der Waals surface area contributed by atoms with Crippen LogP contribution in [0.2, 0.25) is 0 Å². The van der Waals surface area contributed by atoms with Crippen molar-refractivity contribution in [2.75, 3.05) is 0 Å². The molecule has 0 spiro atoms. The van der Waals surface area contributed by atoms with Gasteiger partial charge in [0.1, 0.15) is 0 Å². The van der Waals surface area contributed by atoms with Crippen molar-refractivity contribution >= 4 is 0 Å². The summed E-state index contributed by atoms with van der Waals surface area (Å²) in [4.78, 5) is 0. The van der Waals surface area contributed by atoms with Crippen LogP contribution < -0.4 is 0 Å². The van der Waals surface area contributed by atoms with Crippen molar-refractivity contribution in [3.8, 4) is 5.92 Å². The van der Waals surface area contributed by atoms with E-state index in [-0.39, 0.29) is 0 Å². The van der Waals surface area contributed by atoms with Gasteiger partial charge in [0.15, 0.2) is 0 Å². The van der Waals surface area contributed by atoms with Gasteiger partial charge in [-0.2, -0.15) is 0 Å². The summed E-state index contributed by atoms with van der Waals surface area (Å²) in [7, 11) is 0. The summed E-state index contributed by atoms with van der Waals surface area (Å²) in [5.41, 5.74) is 0.882. The van der Waals surface area contributed by atoms with Gasteiger partial charge in [-0.15, -0.1) is 0 Å². The van der Waals surface area contributed by atoms with Crippen LogP contribution in [0, 0.1) is 18.8 Å². The predicted octanol–water partition coefficient (Wildman–Crippen LogP) is 1.67. The SMILES string of the molecule is [C]#CC1=CC[CH]C=C1. The molecule has 0 saturated carbocycles. The van der Waals surface area contributed by atoms with E-state index in [0.29, 0.717) is 0 Å². The van der Waals surface area contributed by atoms with Crippen molar-refractivity contribution in [1.29, 1.82) is 0 Å². The minimum absolute atomic E-state index is 0.882. The van der Waals surface area contributed by atoms with Crippen LogP contribution in [-0.4, -0.2) is 0 Å². The Morgan fingerprint density at radius 2 is 2.50 bits per heavy atom. The zero-order valence-corrected chi connectivity index (χ0v) is 4.52. The Labute approximate surface area is 49.9 Å². The molecule has 0 nitrogen and oxygen atoms in total. The van der Waals surface area contributed by atoms with Gasteiger partial charge in [0.2, 0.25) is 0 Å². The Morgan fingerprint density at radius 3 is 2.88 bits per heavy atom. The van der Waals surface area contributed by atoms with Crippen molar-refractivity contribution in [3.05, 3.63) is 36.6 Å². The lowest BCUT2D eigenvalue weighted by Crippen LogP contribution is -1.79.